The second kappa shape index (κ2) is 4.37. The summed E-state index contributed by atoms with van der Waals surface area (Å²) in [5, 5.41) is 0.820. The van der Waals surface area contributed by atoms with Gasteiger partial charge in [-0.3, -0.25) is 15.0 Å². The van der Waals surface area contributed by atoms with Crippen LogP contribution in [0.5, 0.6) is 0 Å². The Labute approximate surface area is 98.1 Å². The maximum Gasteiger partial charge on any atom is 0.274 e. The first kappa shape index (κ1) is 11.3. The van der Waals surface area contributed by atoms with Gasteiger partial charge in [-0.2, -0.15) is 4.68 Å². The summed E-state index contributed by atoms with van der Waals surface area (Å²) in [6.45, 7) is 3.44. The molecular weight excluding hydrogens is 218 g/mol. The number of pyridine rings is 2. The monoisotopic (exact) mass is 231 g/mol. The van der Waals surface area contributed by atoms with Gasteiger partial charge in [0.25, 0.3) is 5.56 Å². The smallest absolute Gasteiger partial charge is 0.273 e. The fourth-order valence-corrected chi connectivity index (χ4v) is 1.58. The molecule has 0 unspecified atom stereocenters. The number of carbonyl (C=O) groups is 1. The van der Waals surface area contributed by atoms with Gasteiger partial charge in [0.15, 0.2) is 5.65 Å². The summed E-state index contributed by atoms with van der Waals surface area (Å²) in [6, 6.07) is 5.40. The van der Waals surface area contributed by atoms with E-state index >= 15 is 0 Å². The molecule has 5 nitrogen and oxygen atoms in total. The van der Waals surface area contributed by atoms with Crippen LogP contribution in [0.4, 0.5) is 0 Å². The van der Waals surface area contributed by atoms with Gasteiger partial charge in [0.05, 0.1) is 0 Å². The van der Waals surface area contributed by atoms with Crippen molar-refractivity contribution < 1.29 is 4.79 Å². The van der Waals surface area contributed by atoms with E-state index in [0.29, 0.717) is 17.6 Å². The number of carbonyl (C=O) groups excluding carboxylic acids is 1. The topological polar surface area (TPSA) is 64.0 Å². The first-order valence-electron chi connectivity index (χ1n) is 5.40. The minimum Gasteiger partial charge on any atom is -0.273 e. The van der Waals surface area contributed by atoms with Crippen molar-refractivity contribution in [2.75, 3.05) is 5.43 Å². The lowest BCUT2D eigenvalue weighted by Crippen LogP contribution is -2.34. The van der Waals surface area contributed by atoms with Crippen molar-refractivity contribution in [3.05, 3.63) is 40.3 Å². The van der Waals surface area contributed by atoms with E-state index in [9.17, 15) is 9.59 Å². The summed E-state index contributed by atoms with van der Waals surface area (Å²) in [7, 11) is 0. The highest BCUT2D eigenvalue weighted by molar-refractivity contribution is 5.85. The molecule has 0 aliphatic heterocycles. The molecule has 0 saturated heterocycles. The third-order valence-electron chi connectivity index (χ3n) is 2.50. The Balaban J connectivity index is 2.70. The first-order valence-corrected chi connectivity index (χ1v) is 5.40. The molecule has 2 aromatic heterocycles. The van der Waals surface area contributed by atoms with E-state index < -0.39 is 0 Å². The third kappa shape index (κ3) is 2.04. The van der Waals surface area contributed by atoms with Crippen LogP contribution in [0.3, 0.4) is 0 Å². The number of aromatic nitrogens is 2. The zero-order chi connectivity index (χ0) is 12.4. The summed E-state index contributed by atoms with van der Waals surface area (Å²) in [5.74, 6) is -0.218. The number of amides is 1. The molecule has 1 amide bonds. The van der Waals surface area contributed by atoms with Gasteiger partial charge in [0.2, 0.25) is 5.91 Å². The predicted octanol–water partition coefficient (Wildman–Crippen LogP) is 1.19. The van der Waals surface area contributed by atoms with Crippen LogP contribution < -0.4 is 11.0 Å². The number of hydrogen-bond acceptors (Lipinski definition) is 3. The van der Waals surface area contributed by atoms with Crippen molar-refractivity contribution in [2.45, 2.75) is 20.3 Å². The molecule has 0 radical (unpaired) electrons. The highest BCUT2D eigenvalue weighted by Gasteiger charge is 2.08. The fourth-order valence-electron chi connectivity index (χ4n) is 1.58. The molecule has 0 saturated carbocycles. The lowest BCUT2D eigenvalue weighted by atomic mass is 10.2. The molecule has 88 valence electrons. The molecule has 0 aliphatic carbocycles. The van der Waals surface area contributed by atoms with Gasteiger partial charge in [0.1, 0.15) is 0 Å². The van der Waals surface area contributed by atoms with E-state index in [0.717, 1.165) is 5.39 Å². The Morgan fingerprint density at radius 3 is 3.00 bits per heavy atom. The van der Waals surface area contributed by atoms with E-state index in [1.807, 2.05) is 6.07 Å². The number of nitrogens with zero attached hydrogens (tertiary/aromatic N) is 2. The van der Waals surface area contributed by atoms with Crippen molar-refractivity contribution in [1.82, 2.24) is 9.66 Å². The number of nitrogens with one attached hydrogen (secondary N) is 1. The van der Waals surface area contributed by atoms with E-state index in [1.165, 1.54) is 4.68 Å². The van der Waals surface area contributed by atoms with Crippen molar-refractivity contribution in [3.8, 4) is 0 Å². The molecule has 0 aromatic carbocycles. The maximum atomic E-state index is 11.9. The molecule has 0 aliphatic rings. The summed E-state index contributed by atoms with van der Waals surface area (Å²) in [6.07, 6.45) is 1.90. The van der Waals surface area contributed by atoms with Crippen molar-refractivity contribution in [1.29, 1.82) is 0 Å². The van der Waals surface area contributed by atoms with Gasteiger partial charge >= 0.3 is 0 Å². The normalized spacial score (nSPS) is 10.5. The minimum atomic E-state index is -0.252. The Morgan fingerprint density at radius 2 is 2.29 bits per heavy atom. The zero-order valence-corrected chi connectivity index (χ0v) is 9.73. The molecule has 5 heteroatoms. The number of aryl methyl sites for hydroxylation is 1. The Kier molecular flexibility index (Phi) is 2.91. The molecule has 0 spiro atoms. The standard InChI is InChI=1S/C12H13N3O2/c1-3-10(16)14-15-11-9(5-4-6-13-11)7-8(2)12(15)17/h4-7H,3H2,1-2H3,(H,14,16). The molecular formula is C12H13N3O2. The molecule has 0 fully saturated rings. The number of rotatable bonds is 2. The maximum absolute atomic E-state index is 11.9. The first-order chi connectivity index (χ1) is 8.13. The highest BCUT2D eigenvalue weighted by atomic mass is 16.2. The fraction of sp³-hybridized carbons (Fsp3) is 0.250. The Bertz CT molecular complexity index is 631. The summed E-state index contributed by atoms with van der Waals surface area (Å²) >= 11 is 0. The molecule has 0 atom stereocenters. The highest BCUT2D eigenvalue weighted by Crippen LogP contribution is 2.08. The van der Waals surface area contributed by atoms with E-state index in [-0.39, 0.29) is 11.5 Å². The predicted molar refractivity (Wildman–Crippen MR) is 65.4 cm³/mol. The van der Waals surface area contributed by atoms with Gasteiger partial charge in [0, 0.05) is 23.6 Å². The average molecular weight is 231 g/mol. The number of fused-ring (bicyclic) bond motifs is 1. The van der Waals surface area contributed by atoms with Crippen molar-refractivity contribution >= 4 is 16.9 Å². The van der Waals surface area contributed by atoms with Crippen LogP contribution in [0.15, 0.2) is 29.2 Å². The molecule has 0 bridgehead atoms. The van der Waals surface area contributed by atoms with Crippen LogP contribution in [0, 0.1) is 6.92 Å². The van der Waals surface area contributed by atoms with Crippen LogP contribution in [-0.2, 0) is 4.79 Å². The van der Waals surface area contributed by atoms with Gasteiger partial charge in [-0.05, 0) is 25.1 Å². The molecule has 2 heterocycles. The van der Waals surface area contributed by atoms with E-state index in [4.69, 9.17) is 0 Å². The molecule has 1 N–H and O–H groups in total. The van der Waals surface area contributed by atoms with Crippen molar-refractivity contribution in [2.24, 2.45) is 0 Å². The van der Waals surface area contributed by atoms with Crippen LogP contribution in [-0.4, -0.2) is 15.6 Å². The lowest BCUT2D eigenvalue weighted by Gasteiger charge is -2.10. The Hall–Kier alpha value is -2.17. The third-order valence-corrected chi connectivity index (χ3v) is 2.50. The largest absolute Gasteiger partial charge is 0.274 e. The summed E-state index contributed by atoms with van der Waals surface area (Å²) < 4.78 is 1.20. The van der Waals surface area contributed by atoms with E-state index in [2.05, 4.69) is 10.4 Å². The second-order valence-corrected chi connectivity index (χ2v) is 3.77. The number of hydrogen-bond donors (Lipinski definition) is 1. The van der Waals surface area contributed by atoms with E-state index in [1.54, 1.807) is 32.2 Å². The van der Waals surface area contributed by atoms with Gasteiger partial charge in [-0.1, -0.05) is 6.92 Å². The lowest BCUT2D eigenvalue weighted by molar-refractivity contribution is -0.116. The van der Waals surface area contributed by atoms with Crippen LogP contribution >= 0.6 is 0 Å². The minimum absolute atomic E-state index is 0.218. The molecule has 2 rings (SSSR count). The zero-order valence-electron chi connectivity index (χ0n) is 9.73. The molecule has 17 heavy (non-hydrogen) atoms. The second-order valence-electron chi connectivity index (χ2n) is 3.77. The van der Waals surface area contributed by atoms with Crippen molar-refractivity contribution in [3.63, 3.8) is 0 Å². The van der Waals surface area contributed by atoms with Gasteiger partial charge in [-0.15, -0.1) is 0 Å². The van der Waals surface area contributed by atoms with Crippen LogP contribution in [0.2, 0.25) is 0 Å². The SMILES string of the molecule is CCC(=O)Nn1c(=O)c(C)cc2cccnc21. The quantitative estimate of drug-likeness (QED) is 0.844. The van der Waals surface area contributed by atoms with Crippen LogP contribution in [0.1, 0.15) is 18.9 Å². The van der Waals surface area contributed by atoms with Gasteiger partial charge < -0.3 is 0 Å². The summed E-state index contributed by atoms with van der Waals surface area (Å²) in [5.41, 5.74) is 3.33. The average Bonchev–Trinajstić information content (AvgIpc) is 2.34. The Morgan fingerprint density at radius 1 is 1.53 bits per heavy atom. The van der Waals surface area contributed by atoms with Crippen LogP contribution in [0.25, 0.3) is 11.0 Å². The summed E-state index contributed by atoms with van der Waals surface area (Å²) in [4.78, 5) is 27.5. The van der Waals surface area contributed by atoms with Gasteiger partial charge in [-0.25, -0.2) is 4.98 Å². The molecule has 2 aromatic rings.